The number of ether oxygens (including phenoxy) is 1. The Labute approximate surface area is 71.9 Å². The molecule has 0 aromatic heterocycles. The number of epoxide rings is 1. The van der Waals surface area contributed by atoms with Crippen LogP contribution in [0.4, 0.5) is 0 Å². The fourth-order valence-electron chi connectivity index (χ4n) is 4.27. The fourth-order valence-corrected chi connectivity index (χ4v) is 4.27. The molecule has 0 amide bonds. The molecule has 2 nitrogen and oxygen atoms in total. The first kappa shape index (κ1) is 6.39. The Morgan fingerprint density at radius 2 is 2.00 bits per heavy atom. The first-order valence-electron chi connectivity index (χ1n) is 5.18. The van der Waals surface area contributed by atoms with Gasteiger partial charge in [0.2, 0.25) is 0 Å². The van der Waals surface area contributed by atoms with Crippen LogP contribution in [-0.4, -0.2) is 23.4 Å². The van der Waals surface area contributed by atoms with Crippen LogP contribution in [0.5, 0.6) is 0 Å². The molecule has 1 N–H and O–H groups in total. The molecule has 2 bridgehead atoms. The summed E-state index contributed by atoms with van der Waals surface area (Å²) in [6.45, 7) is 0. The molecule has 0 aromatic rings. The first-order chi connectivity index (χ1) is 5.84. The van der Waals surface area contributed by atoms with Crippen LogP contribution in [0.25, 0.3) is 0 Å². The van der Waals surface area contributed by atoms with Crippen molar-refractivity contribution in [2.24, 2.45) is 23.7 Å². The lowest BCUT2D eigenvalue weighted by molar-refractivity contribution is 0.0370. The lowest BCUT2D eigenvalue weighted by Crippen LogP contribution is -2.31. The molecule has 1 aliphatic heterocycles. The van der Waals surface area contributed by atoms with E-state index in [1.165, 1.54) is 12.8 Å². The van der Waals surface area contributed by atoms with Crippen molar-refractivity contribution in [2.45, 2.75) is 37.6 Å². The summed E-state index contributed by atoms with van der Waals surface area (Å²) in [4.78, 5) is 0. The van der Waals surface area contributed by atoms with E-state index in [0.29, 0.717) is 18.1 Å². The van der Waals surface area contributed by atoms with Gasteiger partial charge in [-0.15, -0.1) is 0 Å². The van der Waals surface area contributed by atoms with Crippen molar-refractivity contribution in [3.63, 3.8) is 0 Å². The van der Waals surface area contributed by atoms with Gasteiger partial charge in [-0.1, -0.05) is 0 Å². The number of aliphatic hydroxyl groups is 1. The van der Waals surface area contributed by atoms with E-state index >= 15 is 0 Å². The monoisotopic (exact) mass is 166 g/mol. The molecule has 2 heteroatoms. The van der Waals surface area contributed by atoms with Crippen LogP contribution in [0.1, 0.15) is 19.3 Å². The van der Waals surface area contributed by atoms with Crippen molar-refractivity contribution in [1.29, 1.82) is 0 Å². The summed E-state index contributed by atoms with van der Waals surface area (Å²) in [6.07, 6.45) is 4.88. The zero-order valence-corrected chi connectivity index (χ0v) is 7.02. The highest BCUT2D eigenvalue weighted by atomic mass is 16.6. The lowest BCUT2D eigenvalue weighted by atomic mass is 9.79. The third kappa shape index (κ3) is 0.549. The van der Waals surface area contributed by atoms with Crippen molar-refractivity contribution < 1.29 is 9.84 Å². The van der Waals surface area contributed by atoms with Crippen molar-refractivity contribution >= 4 is 0 Å². The van der Waals surface area contributed by atoms with Gasteiger partial charge in [0.25, 0.3) is 0 Å². The minimum Gasteiger partial charge on any atom is -0.393 e. The third-order valence-corrected chi connectivity index (χ3v) is 4.71. The first-order valence-corrected chi connectivity index (χ1v) is 5.18. The quantitative estimate of drug-likeness (QED) is 0.540. The summed E-state index contributed by atoms with van der Waals surface area (Å²) in [5, 5.41) is 9.75. The Balaban J connectivity index is 1.74. The smallest absolute Gasteiger partial charge is 0.0876 e. The standard InChI is InChI=1S/C10H14O2/c11-7-2-4-1-6(7)9-5(4)3-8-10(9)12-8/h4-11H,1-3H2/t4-,5-,6-,7+,8-,9+,10+/m1/s1. The second kappa shape index (κ2) is 1.73. The summed E-state index contributed by atoms with van der Waals surface area (Å²) >= 11 is 0. The zero-order chi connectivity index (χ0) is 7.87. The highest BCUT2D eigenvalue weighted by molar-refractivity contribution is 5.14. The van der Waals surface area contributed by atoms with E-state index in [-0.39, 0.29) is 6.10 Å². The zero-order valence-electron chi connectivity index (χ0n) is 7.02. The molecule has 3 saturated carbocycles. The Bertz CT molecular complexity index is 240. The predicted octanol–water partition coefficient (Wildman–Crippen LogP) is 0.791. The van der Waals surface area contributed by atoms with Crippen LogP contribution in [0.2, 0.25) is 0 Å². The topological polar surface area (TPSA) is 32.8 Å². The Hall–Kier alpha value is -0.0800. The fraction of sp³-hybridized carbons (Fsp3) is 1.00. The van der Waals surface area contributed by atoms with E-state index in [4.69, 9.17) is 4.74 Å². The van der Waals surface area contributed by atoms with Gasteiger partial charge in [-0.05, 0) is 42.9 Å². The van der Waals surface area contributed by atoms with Crippen LogP contribution in [0.3, 0.4) is 0 Å². The third-order valence-electron chi connectivity index (χ3n) is 4.71. The molecule has 1 saturated heterocycles. The highest BCUT2D eigenvalue weighted by Gasteiger charge is 2.66. The molecular formula is C10H14O2. The van der Waals surface area contributed by atoms with Crippen LogP contribution >= 0.6 is 0 Å². The van der Waals surface area contributed by atoms with Crippen LogP contribution < -0.4 is 0 Å². The SMILES string of the molecule is O[C@H]1C[C@H]2C[C@H]1[C@@H]1[C@@H]2C[C@H]2O[C@H]12. The molecule has 4 rings (SSSR count). The van der Waals surface area contributed by atoms with E-state index in [1.54, 1.807) is 0 Å². The predicted molar refractivity (Wildman–Crippen MR) is 42.5 cm³/mol. The van der Waals surface area contributed by atoms with Gasteiger partial charge in [0.15, 0.2) is 0 Å². The van der Waals surface area contributed by atoms with Gasteiger partial charge in [0, 0.05) is 0 Å². The summed E-state index contributed by atoms with van der Waals surface area (Å²) in [7, 11) is 0. The molecular weight excluding hydrogens is 152 g/mol. The molecule has 1 heterocycles. The molecule has 3 aliphatic carbocycles. The summed E-state index contributed by atoms with van der Waals surface area (Å²) in [5.74, 6) is 3.15. The van der Waals surface area contributed by atoms with Crippen LogP contribution in [0, 0.1) is 23.7 Å². The van der Waals surface area contributed by atoms with Crippen molar-refractivity contribution in [3.05, 3.63) is 0 Å². The van der Waals surface area contributed by atoms with E-state index < -0.39 is 0 Å². The molecule has 4 fully saturated rings. The second-order valence-corrected chi connectivity index (χ2v) is 5.08. The molecule has 0 unspecified atom stereocenters. The Morgan fingerprint density at radius 1 is 1.08 bits per heavy atom. The minimum atomic E-state index is 0.0131. The van der Waals surface area contributed by atoms with E-state index in [9.17, 15) is 5.11 Å². The largest absolute Gasteiger partial charge is 0.393 e. The molecule has 0 radical (unpaired) electrons. The molecule has 66 valence electrons. The number of fused-ring (bicyclic) bond motifs is 7. The van der Waals surface area contributed by atoms with Gasteiger partial charge in [0.05, 0.1) is 18.3 Å². The number of rotatable bonds is 0. The number of hydrogen-bond acceptors (Lipinski definition) is 2. The maximum atomic E-state index is 9.75. The molecule has 12 heavy (non-hydrogen) atoms. The van der Waals surface area contributed by atoms with Gasteiger partial charge >= 0.3 is 0 Å². The van der Waals surface area contributed by atoms with E-state index in [1.807, 2.05) is 0 Å². The second-order valence-electron chi connectivity index (χ2n) is 5.08. The van der Waals surface area contributed by atoms with Crippen molar-refractivity contribution in [3.8, 4) is 0 Å². The average molecular weight is 166 g/mol. The Kier molecular flexibility index (Phi) is 0.921. The van der Waals surface area contributed by atoms with E-state index in [0.717, 1.165) is 24.2 Å². The van der Waals surface area contributed by atoms with Gasteiger partial charge in [-0.25, -0.2) is 0 Å². The summed E-state index contributed by atoms with van der Waals surface area (Å²) in [5.41, 5.74) is 0. The summed E-state index contributed by atoms with van der Waals surface area (Å²) in [6, 6.07) is 0. The Morgan fingerprint density at radius 3 is 2.92 bits per heavy atom. The number of aliphatic hydroxyl groups excluding tert-OH is 1. The molecule has 0 aromatic carbocycles. The van der Waals surface area contributed by atoms with Crippen LogP contribution in [-0.2, 0) is 4.74 Å². The molecule has 0 spiro atoms. The summed E-state index contributed by atoms with van der Waals surface area (Å²) < 4.78 is 5.56. The number of hydrogen-bond donors (Lipinski definition) is 1. The van der Waals surface area contributed by atoms with Gasteiger partial charge in [0.1, 0.15) is 0 Å². The van der Waals surface area contributed by atoms with E-state index in [2.05, 4.69) is 0 Å². The minimum absolute atomic E-state index is 0.0131. The molecule has 4 aliphatic rings. The lowest BCUT2D eigenvalue weighted by Gasteiger charge is -2.29. The van der Waals surface area contributed by atoms with Crippen molar-refractivity contribution in [2.75, 3.05) is 0 Å². The van der Waals surface area contributed by atoms with Crippen LogP contribution in [0.15, 0.2) is 0 Å². The van der Waals surface area contributed by atoms with Gasteiger partial charge in [-0.2, -0.15) is 0 Å². The molecule has 7 atom stereocenters. The van der Waals surface area contributed by atoms with Crippen molar-refractivity contribution in [1.82, 2.24) is 0 Å². The highest BCUT2D eigenvalue weighted by Crippen LogP contribution is 2.64. The van der Waals surface area contributed by atoms with Gasteiger partial charge in [-0.3, -0.25) is 0 Å². The maximum Gasteiger partial charge on any atom is 0.0876 e. The maximum absolute atomic E-state index is 9.75. The average Bonchev–Trinajstić information content (AvgIpc) is 2.42. The normalized spacial score (nSPS) is 71.2. The van der Waals surface area contributed by atoms with Gasteiger partial charge < -0.3 is 9.84 Å².